The predicted molar refractivity (Wildman–Crippen MR) is 123 cm³/mol. The Hall–Kier alpha value is -4.21. The molecule has 1 saturated heterocycles. The molecule has 10 nitrogen and oxygen atoms in total. The molecule has 6 heterocycles. The lowest BCUT2D eigenvalue weighted by Crippen LogP contribution is -2.47. The summed E-state index contributed by atoms with van der Waals surface area (Å²) in [5, 5.41) is 8.86. The lowest BCUT2D eigenvalue weighted by Gasteiger charge is -2.35. The van der Waals surface area contributed by atoms with E-state index in [1.54, 1.807) is 6.26 Å². The Balaban J connectivity index is 1.13. The summed E-state index contributed by atoms with van der Waals surface area (Å²) in [4.78, 5) is 17.9. The first-order valence-electron chi connectivity index (χ1n) is 10.9. The predicted octanol–water partition coefficient (Wildman–Crippen LogP) is 2.43. The number of nitrogens with zero attached hydrogens (tertiary/aromatic N) is 9. The van der Waals surface area contributed by atoms with Crippen molar-refractivity contribution in [3.63, 3.8) is 0 Å². The van der Waals surface area contributed by atoms with Gasteiger partial charge < -0.3 is 14.2 Å². The number of hydrogen-bond donors (Lipinski definition) is 0. The van der Waals surface area contributed by atoms with Gasteiger partial charge in [0.15, 0.2) is 6.39 Å². The van der Waals surface area contributed by atoms with E-state index in [0.29, 0.717) is 6.42 Å². The first kappa shape index (κ1) is 19.5. The maximum absolute atomic E-state index is 5.03. The normalized spacial score (nSPS) is 14.3. The van der Waals surface area contributed by atoms with Crippen molar-refractivity contribution in [2.75, 3.05) is 36.0 Å². The van der Waals surface area contributed by atoms with E-state index < -0.39 is 0 Å². The van der Waals surface area contributed by atoms with E-state index in [1.165, 1.54) is 6.39 Å². The highest BCUT2D eigenvalue weighted by Gasteiger charge is 2.21. The molecular formula is C23H23N9O. The number of piperazine rings is 1. The fourth-order valence-electron chi connectivity index (χ4n) is 4.24. The summed E-state index contributed by atoms with van der Waals surface area (Å²) in [6, 6.07) is 4.26. The minimum absolute atomic E-state index is 0.668. The maximum Gasteiger partial charge on any atom is 0.225 e. The van der Waals surface area contributed by atoms with E-state index in [4.69, 9.17) is 4.42 Å². The zero-order valence-electron chi connectivity index (χ0n) is 18.2. The lowest BCUT2D eigenvalue weighted by atomic mass is 10.1. The molecule has 0 spiro atoms. The third-order valence-electron chi connectivity index (χ3n) is 6.00. The molecule has 1 aliphatic heterocycles. The molecule has 33 heavy (non-hydrogen) atoms. The molecule has 0 aromatic carbocycles. The van der Waals surface area contributed by atoms with E-state index in [-0.39, 0.29) is 0 Å². The molecule has 0 atom stereocenters. The number of aryl methyl sites for hydroxylation is 1. The van der Waals surface area contributed by atoms with Gasteiger partial charge >= 0.3 is 0 Å². The van der Waals surface area contributed by atoms with Gasteiger partial charge in [-0.1, -0.05) is 6.07 Å². The van der Waals surface area contributed by atoms with Gasteiger partial charge in [0.2, 0.25) is 5.95 Å². The number of rotatable bonds is 5. The molecule has 1 fully saturated rings. The number of hydrogen-bond acceptors (Lipinski definition) is 8. The molecule has 166 valence electrons. The number of aromatic nitrogens is 7. The van der Waals surface area contributed by atoms with E-state index in [0.717, 1.165) is 65.7 Å². The molecule has 0 saturated carbocycles. The standard InChI is InChI=1S/C23H23N9O/c1-29-13-19(11-27-29)18-2-3-21-22(12-28-32(21)14-18)30-4-6-31(7-5-30)23-24-9-17(10-25-23)8-20-15-33-16-26-20/h2-3,9-16H,4-8H2,1H3. The van der Waals surface area contributed by atoms with Crippen molar-refractivity contribution in [2.24, 2.45) is 7.05 Å². The number of pyridine rings is 1. The van der Waals surface area contributed by atoms with Crippen molar-refractivity contribution in [1.29, 1.82) is 0 Å². The monoisotopic (exact) mass is 441 g/mol. The Kier molecular flexibility index (Phi) is 4.75. The molecule has 5 aromatic rings. The molecular weight excluding hydrogens is 418 g/mol. The molecule has 6 rings (SSSR count). The van der Waals surface area contributed by atoms with Crippen LogP contribution < -0.4 is 9.80 Å². The summed E-state index contributed by atoms with van der Waals surface area (Å²) in [6.45, 7) is 3.48. The van der Waals surface area contributed by atoms with Gasteiger partial charge in [-0.25, -0.2) is 19.5 Å². The summed E-state index contributed by atoms with van der Waals surface area (Å²) >= 11 is 0. The van der Waals surface area contributed by atoms with Gasteiger partial charge in [-0.3, -0.25) is 4.68 Å². The van der Waals surface area contributed by atoms with E-state index in [1.807, 2.05) is 47.2 Å². The maximum atomic E-state index is 5.03. The third-order valence-corrected chi connectivity index (χ3v) is 6.00. The largest absolute Gasteiger partial charge is 0.451 e. The Morgan fingerprint density at radius 2 is 1.67 bits per heavy atom. The second-order valence-corrected chi connectivity index (χ2v) is 8.20. The SMILES string of the molecule is Cn1cc(-c2ccc3c(N4CCN(c5ncc(Cc6cocn6)cn5)CC4)cnn3c2)cn1. The van der Waals surface area contributed by atoms with Gasteiger partial charge in [0.05, 0.1) is 29.3 Å². The summed E-state index contributed by atoms with van der Waals surface area (Å²) in [7, 11) is 1.92. The van der Waals surface area contributed by atoms with Crippen LogP contribution in [0.15, 0.2) is 66.4 Å². The van der Waals surface area contributed by atoms with Crippen LogP contribution >= 0.6 is 0 Å². The zero-order valence-corrected chi connectivity index (χ0v) is 18.2. The molecule has 0 aliphatic carbocycles. The Morgan fingerprint density at radius 1 is 0.848 bits per heavy atom. The summed E-state index contributed by atoms with van der Waals surface area (Å²) in [6.07, 6.45) is 15.4. The van der Waals surface area contributed by atoms with Crippen LogP contribution in [-0.2, 0) is 13.5 Å². The number of oxazole rings is 1. The van der Waals surface area contributed by atoms with Gasteiger partial charge in [0.25, 0.3) is 0 Å². The highest BCUT2D eigenvalue weighted by atomic mass is 16.3. The fraction of sp³-hybridized carbons (Fsp3) is 0.261. The van der Waals surface area contributed by atoms with Crippen molar-refractivity contribution in [3.8, 4) is 11.1 Å². The van der Waals surface area contributed by atoms with Gasteiger partial charge in [-0.2, -0.15) is 10.2 Å². The van der Waals surface area contributed by atoms with Crippen LogP contribution in [0.5, 0.6) is 0 Å². The van der Waals surface area contributed by atoms with Crippen molar-refractivity contribution in [3.05, 3.63) is 73.2 Å². The second-order valence-electron chi connectivity index (χ2n) is 8.20. The summed E-state index contributed by atoms with van der Waals surface area (Å²) in [5.74, 6) is 0.763. The minimum Gasteiger partial charge on any atom is -0.451 e. The number of anilines is 2. The second kappa shape index (κ2) is 8.05. The first-order valence-corrected chi connectivity index (χ1v) is 10.9. The van der Waals surface area contributed by atoms with Crippen LogP contribution in [-0.4, -0.2) is 60.5 Å². The molecule has 5 aromatic heterocycles. The van der Waals surface area contributed by atoms with Crippen LogP contribution in [0.1, 0.15) is 11.3 Å². The van der Waals surface area contributed by atoms with Crippen LogP contribution in [0.25, 0.3) is 16.6 Å². The summed E-state index contributed by atoms with van der Waals surface area (Å²) < 4.78 is 8.78. The van der Waals surface area contributed by atoms with Crippen molar-refractivity contribution < 1.29 is 4.42 Å². The molecule has 0 N–H and O–H groups in total. The van der Waals surface area contributed by atoms with Gasteiger partial charge in [0.1, 0.15) is 6.26 Å². The van der Waals surface area contributed by atoms with Gasteiger partial charge in [0, 0.05) is 75.6 Å². The quantitative estimate of drug-likeness (QED) is 0.411. The molecule has 0 unspecified atom stereocenters. The summed E-state index contributed by atoms with van der Waals surface area (Å²) in [5.41, 5.74) is 6.32. The van der Waals surface area contributed by atoms with Crippen molar-refractivity contribution in [2.45, 2.75) is 6.42 Å². The Labute approximate surface area is 190 Å². The average molecular weight is 441 g/mol. The van der Waals surface area contributed by atoms with Crippen LogP contribution in [0.3, 0.4) is 0 Å². The van der Waals surface area contributed by atoms with E-state index in [9.17, 15) is 0 Å². The van der Waals surface area contributed by atoms with E-state index >= 15 is 0 Å². The van der Waals surface area contributed by atoms with Crippen LogP contribution in [0.4, 0.5) is 11.6 Å². The van der Waals surface area contributed by atoms with Crippen LogP contribution in [0.2, 0.25) is 0 Å². The molecule has 1 aliphatic rings. The Bertz CT molecular complexity index is 1360. The smallest absolute Gasteiger partial charge is 0.225 e. The van der Waals surface area contributed by atoms with Crippen LogP contribution in [0, 0.1) is 0 Å². The minimum atomic E-state index is 0.668. The lowest BCUT2D eigenvalue weighted by molar-refractivity contribution is 0.556. The molecule has 0 amide bonds. The first-order chi connectivity index (χ1) is 16.2. The van der Waals surface area contributed by atoms with E-state index in [2.05, 4.69) is 53.3 Å². The number of fused-ring (bicyclic) bond motifs is 1. The molecule has 10 heteroatoms. The fourth-order valence-corrected chi connectivity index (χ4v) is 4.24. The van der Waals surface area contributed by atoms with Gasteiger partial charge in [-0.15, -0.1) is 0 Å². The third kappa shape index (κ3) is 3.79. The highest BCUT2D eigenvalue weighted by molar-refractivity contribution is 5.75. The van der Waals surface area contributed by atoms with Crippen molar-refractivity contribution >= 4 is 17.2 Å². The average Bonchev–Trinajstić information content (AvgIpc) is 3.61. The topological polar surface area (TPSA) is 93.4 Å². The molecule has 0 radical (unpaired) electrons. The zero-order chi connectivity index (χ0) is 22.2. The van der Waals surface area contributed by atoms with Gasteiger partial charge in [-0.05, 0) is 11.6 Å². The highest BCUT2D eigenvalue weighted by Crippen LogP contribution is 2.26. The Morgan fingerprint density at radius 3 is 2.39 bits per heavy atom. The molecule has 0 bridgehead atoms. The van der Waals surface area contributed by atoms with Crippen molar-refractivity contribution in [1.82, 2.24) is 34.3 Å².